The second-order valence-electron chi connectivity index (χ2n) is 16.8. The summed E-state index contributed by atoms with van der Waals surface area (Å²) in [5.74, 6) is 0.364. The number of para-hydroxylation sites is 1. The SMILES string of the molecule is C=CC(=O)n1c2ccccc2c2cc(C(=O)NCCOCCOCCOCCOCCOCCOCCC(=O)NCc3ccc(COc4ccc(CCNC)c(N(C)C(C=O)C(C)C)c4)cc3)ccc21.CO. The maximum atomic E-state index is 12.8. The molecular formula is C55H75N5O12. The number of hydrogen-bond donors (Lipinski definition) is 4. The number of aromatic nitrogens is 1. The molecule has 4 N–H and O–H groups in total. The van der Waals surface area contributed by atoms with Crippen LogP contribution in [0.1, 0.15) is 52.1 Å². The predicted octanol–water partition coefficient (Wildman–Crippen LogP) is 5.77. The summed E-state index contributed by atoms with van der Waals surface area (Å²) in [6, 6.07) is 26.6. The third-order valence-corrected chi connectivity index (χ3v) is 11.5. The number of carbonyl (C=O) groups is 4. The van der Waals surface area contributed by atoms with Gasteiger partial charge in [0.25, 0.3) is 11.8 Å². The molecule has 0 radical (unpaired) electrons. The molecular weight excluding hydrogens is 923 g/mol. The summed E-state index contributed by atoms with van der Waals surface area (Å²) in [5.41, 5.74) is 6.11. The molecule has 1 aromatic heterocycles. The highest BCUT2D eigenvalue weighted by Gasteiger charge is 2.21. The Labute approximate surface area is 424 Å². The van der Waals surface area contributed by atoms with E-state index in [4.69, 9.17) is 38.3 Å². The number of benzene rings is 4. The van der Waals surface area contributed by atoms with Crippen molar-refractivity contribution in [2.75, 3.05) is 118 Å². The van der Waals surface area contributed by atoms with Crippen LogP contribution in [0.3, 0.4) is 0 Å². The third-order valence-electron chi connectivity index (χ3n) is 11.5. The summed E-state index contributed by atoms with van der Waals surface area (Å²) in [6.07, 6.45) is 3.38. The maximum Gasteiger partial charge on any atom is 0.254 e. The Bertz CT molecular complexity index is 2410. The minimum atomic E-state index is -0.236. The number of nitrogens with one attached hydrogen (secondary N) is 3. The van der Waals surface area contributed by atoms with Crippen LogP contribution in [0.15, 0.2) is 97.6 Å². The average Bonchev–Trinajstić information content (AvgIpc) is 3.74. The molecule has 17 nitrogen and oxygen atoms in total. The highest BCUT2D eigenvalue weighted by molar-refractivity contribution is 6.16. The number of allylic oxidation sites excluding steroid dienone is 1. The lowest BCUT2D eigenvalue weighted by molar-refractivity contribution is -0.122. The van der Waals surface area contributed by atoms with Crippen molar-refractivity contribution in [2.24, 2.45) is 5.92 Å². The van der Waals surface area contributed by atoms with Crippen molar-refractivity contribution in [2.45, 2.75) is 45.9 Å². The number of fused-ring (bicyclic) bond motifs is 3. The Morgan fingerprint density at radius 2 is 1.28 bits per heavy atom. The summed E-state index contributed by atoms with van der Waals surface area (Å²) in [4.78, 5) is 51.7. The summed E-state index contributed by atoms with van der Waals surface area (Å²) >= 11 is 0. The molecule has 0 aliphatic rings. The first-order valence-corrected chi connectivity index (χ1v) is 24.5. The van der Waals surface area contributed by atoms with E-state index in [0.29, 0.717) is 105 Å². The van der Waals surface area contributed by atoms with Crippen molar-refractivity contribution in [3.63, 3.8) is 0 Å². The Hall–Kier alpha value is -6.02. The number of aliphatic hydroxyl groups is 1. The summed E-state index contributed by atoms with van der Waals surface area (Å²) in [5, 5.41) is 17.7. The normalized spacial score (nSPS) is 11.5. The van der Waals surface area contributed by atoms with Crippen LogP contribution < -0.4 is 25.6 Å². The first-order chi connectivity index (χ1) is 35.1. The minimum absolute atomic E-state index is 0.0913. The summed E-state index contributed by atoms with van der Waals surface area (Å²) in [7, 11) is 4.89. The Morgan fingerprint density at radius 1 is 0.694 bits per heavy atom. The molecule has 1 atom stereocenters. The molecule has 4 aromatic carbocycles. The lowest BCUT2D eigenvalue weighted by Gasteiger charge is -2.31. The molecule has 0 fully saturated rings. The van der Waals surface area contributed by atoms with E-state index >= 15 is 0 Å². The molecule has 0 saturated heterocycles. The van der Waals surface area contributed by atoms with Crippen molar-refractivity contribution >= 4 is 51.5 Å². The van der Waals surface area contributed by atoms with Gasteiger partial charge in [0.15, 0.2) is 0 Å². The summed E-state index contributed by atoms with van der Waals surface area (Å²) < 4.78 is 41.1. The van der Waals surface area contributed by atoms with Gasteiger partial charge in [-0.2, -0.15) is 0 Å². The molecule has 392 valence electrons. The topological polar surface area (TPSA) is 197 Å². The largest absolute Gasteiger partial charge is 0.489 e. The maximum absolute atomic E-state index is 12.8. The van der Waals surface area contributed by atoms with Gasteiger partial charge in [-0.05, 0) is 79.0 Å². The fourth-order valence-electron chi connectivity index (χ4n) is 7.65. The minimum Gasteiger partial charge on any atom is -0.489 e. The number of aldehydes is 1. The number of rotatable bonds is 35. The van der Waals surface area contributed by atoms with Gasteiger partial charge >= 0.3 is 0 Å². The monoisotopic (exact) mass is 998 g/mol. The average molecular weight is 998 g/mol. The van der Waals surface area contributed by atoms with Gasteiger partial charge < -0.3 is 63.9 Å². The molecule has 17 heteroatoms. The molecule has 0 aliphatic heterocycles. The Morgan fingerprint density at radius 3 is 1.88 bits per heavy atom. The molecule has 5 aromatic rings. The Kier molecular flexibility index (Phi) is 27.3. The van der Waals surface area contributed by atoms with Gasteiger partial charge in [0.1, 0.15) is 18.6 Å². The van der Waals surface area contributed by atoms with Crippen LogP contribution in [0.2, 0.25) is 0 Å². The van der Waals surface area contributed by atoms with Gasteiger partial charge in [-0.15, -0.1) is 0 Å². The number of hydrogen-bond acceptors (Lipinski definition) is 14. The van der Waals surface area contributed by atoms with E-state index < -0.39 is 0 Å². The lowest BCUT2D eigenvalue weighted by atomic mass is 10.0. The van der Waals surface area contributed by atoms with E-state index in [0.717, 1.165) is 76.3 Å². The van der Waals surface area contributed by atoms with Crippen LogP contribution in [-0.4, -0.2) is 153 Å². The van der Waals surface area contributed by atoms with Crippen molar-refractivity contribution in [3.8, 4) is 5.75 Å². The van der Waals surface area contributed by atoms with E-state index in [1.54, 1.807) is 22.8 Å². The second kappa shape index (κ2) is 33.6. The van der Waals surface area contributed by atoms with Crippen LogP contribution in [-0.2, 0) is 57.6 Å². The molecule has 0 bridgehead atoms. The first-order valence-electron chi connectivity index (χ1n) is 24.5. The van der Waals surface area contributed by atoms with Gasteiger partial charge in [0, 0.05) is 61.8 Å². The highest BCUT2D eigenvalue weighted by Crippen LogP contribution is 2.31. The predicted molar refractivity (Wildman–Crippen MR) is 280 cm³/mol. The summed E-state index contributed by atoms with van der Waals surface area (Å²) in [6.45, 7) is 14.5. The van der Waals surface area contributed by atoms with Gasteiger partial charge in [0.2, 0.25) is 5.91 Å². The molecule has 0 spiro atoms. The van der Waals surface area contributed by atoms with Crippen molar-refractivity contribution < 1.29 is 57.4 Å². The fourth-order valence-corrected chi connectivity index (χ4v) is 7.65. The van der Waals surface area contributed by atoms with Gasteiger partial charge in [-0.1, -0.05) is 69.0 Å². The highest BCUT2D eigenvalue weighted by atomic mass is 16.6. The van der Waals surface area contributed by atoms with Crippen LogP contribution in [0.25, 0.3) is 21.8 Å². The molecule has 0 aliphatic carbocycles. The molecule has 1 heterocycles. The van der Waals surface area contributed by atoms with Gasteiger partial charge in [-0.3, -0.25) is 19.0 Å². The third kappa shape index (κ3) is 19.2. The number of nitrogens with zero attached hydrogens (tertiary/aromatic N) is 2. The quantitative estimate of drug-likeness (QED) is 0.0217. The number of carbonyl (C=O) groups excluding carboxylic acids is 4. The molecule has 2 amide bonds. The second-order valence-corrected chi connectivity index (χ2v) is 16.8. The van der Waals surface area contributed by atoms with Crippen LogP contribution in [0.4, 0.5) is 5.69 Å². The van der Waals surface area contributed by atoms with E-state index in [2.05, 4.69) is 28.6 Å². The van der Waals surface area contributed by atoms with Crippen LogP contribution >= 0.6 is 0 Å². The van der Waals surface area contributed by atoms with E-state index in [-0.39, 0.29) is 36.1 Å². The molecule has 72 heavy (non-hydrogen) atoms. The standard InChI is InChI=1S/C54H71N5O11.CH4O/c1-6-53(62)59-48-10-8-7-9-46(48)47-35-44(16-18-49(47)59)54(63)56-22-24-65-26-28-67-30-32-69-34-33-68-31-29-66-27-25-64-23-20-52(61)57-37-41-11-13-42(14-12-41)39-70-45-17-15-43(19-21-55-4)50(36-45)58(5)51(38-60)40(2)3;1-2/h6-18,35-36,38,40,51,55H,1,19-34,37,39H2,2-5H3,(H,56,63)(H,57,61);2H,1H3. The van der Waals surface area contributed by atoms with Gasteiger partial charge in [-0.25, -0.2) is 0 Å². The lowest BCUT2D eigenvalue weighted by Crippen LogP contribution is -2.38. The van der Waals surface area contributed by atoms with Crippen molar-refractivity contribution in [1.29, 1.82) is 0 Å². The first kappa shape index (κ1) is 58.5. The zero-order valence-electron chi connectivity index (χ0n) is 42.7. The molecule has 0 saturated carbocycles. The van der Waals surface area contributed by atoms with E-state index in [9.17, 15) is 19.2 Å². The van der Waals surface area contributed by atoms with Crippen LogP contribution in [0.5, 0.6) is 5.75 Å². The Balaban J connectivity index is 0.00000555. The smallest absolute Gasteiger partial charge is 0.254 e. The zero-order chi connectivity index (χ0) is 51.9. The number of aliphatic hydroxyl groups excluding tert-OH is 1. The van der Waals surface area contributed by atoms with Crippen LogP contribution in [0, 0.1) is 5.92 Å². The molecule has 1 unspecified atom stereocenters. The van der Waals surface area contributed by atoms with Gasteiger partial charge in [0.05, 0.1) is 96.4 Å². The van der Waals surface area contributed by atoms with Crippen molar-refractivity contribution in [3.05, 3.63) is 120 Å². The number of likely N-dealkylation sites (N-methyl/N-ethyl adjacent to an activating group) is 2. The number of anilines is 1. The van der Waals surface area contributed by atoms with E-state index in [1.165, 1.54) is 6.08 Å². The number of amides is 2. The van der Waals surface area contributed by atoms with E-state index in [1.807, 2.05) is 93.5 Å². The molecule has 5 rings (SSSR count). The zero-order valence-corrected chi connectivity index (χ0v) is 42.7. The fraction of sp³-hybridized carbons (Fsp3) is 0.455. The van der Waals surface area contributed by atoms with Crippen molar-refractivity contribution in [1.82, 2.24) is 20.5 Å². The number of ether oxygens (including phenoxy) is 7.